The lowest BCUT2D eigenvalue weighted by atomic mass is 9.83. The van der Waals surface area contributed by atoms with Crippen molar-refractivity contribution >= 4 is 57.0 Å². The van der Waals surface area contributed by atoms with Gasteiger partial charge in [-0.25, -0.2) is 4.79 Å². The molecule has 0 saturated carbocycles. The van der Waals surface area contributed by atoms with Crippen molar-refractivity contribution in [3.05, 3.63) is 119 Å². The monoisotopic (exact) mass is 816 g/mol. The first-order chi connectivity index (χ1) is 28.3. The number of rotatable bonds is 4. The van der Waals surface area contributed by atoms with Crippen LogP contribution in [0.25, 0.3) is 21.8 Å². The van der Waals surface area contributed by atoms with E-state index in [9.17, 15) is 19.2 Å². The number of aromatic nitrogens is 2. The maximum absolute atomic E-state index is 13.0. The van der Waals surface area contributed by atoms with Crippen molar-refractivity contribution in [1.82, 2.24) is 19.8 Å². The zero-order chi connectivity index (χ0) is 39.7. The Hall–Kier alpha value is -6.47. The summed E-state index contributed by atoms with van der Waals surface area (Å²) >= 11 is 5.95. The van der Waals surface area contributed by atoms with Gasteiger partial charge >= 0.3 is 5.97 Å². The molecule has 13 nitrogen and oxygen atoms in total. The van der Waals surface area contributed by atoms with Gasteiger partial charge in [-0.3, -0.25) is 14.4 Å². The van der Waals surface area contributed by atoms with Gasteiger partial charge in [-0.2, -0.15) is 0 Å². The molecule has 0 unspecified atom stereocenters. The number of hydrogen-bond donors (Lipinski definition) is 2. The Morgan fingerprint density at radius 2 is 1.27 bits per heavy atom. The Morgan fingerprint density at radius 3 is 1.86 bits per heavy atom. The summed E-state index contributed by atoms with van der Waals surface area (Å²) in [6, 6.07) is 25.2. The van der Waals surface area contributed by atoms with E-state index in [0.717, 1.165) is 55.4 Å². The van der Waals surface area contributed by atoms with Gasteiger partial charge in [-0.15, -0.1) is 11.6 Å². The molecule has 0 bridgehead atoms. The molecule has 1 saturated heterocycles. The standard InChI is InChI=1S/C22H19ClN2O5.C22H18N2O4.CH4/c1-28-22(27)16-9-14-13-4-2-3-5-15(13)24-20(14)21(25(16)19(26)10-23)12-6-7-17-18(8-12)30-11-29-17;25-17-6-8-20(26)24-16(17)10-14-13-3-1-2-4-15(13)23-21(14)22(24)12-5-7-18-19(9-12)28-11-27-18;/h2-8,16,21,24H,9-11H2,1H3;1-5,7,9,16,22-23H,6,8,10-11H2;1H4/t16-,21-;16-,22-;/m11./s1. The number of aromatic amines is 2. The number of piperidine rings is 1. The predicted molar refractivity (Wildman–Crippen MR) is 218 cm³/mol. The molecule has 14 heteroatoms. The van der Waals surface area contributed by atoms with E-state index in [1.54, 1.807) is 4.90 Å². The number of carbonyl (C=O) groups excluding carboxylic acids is 4. The summed E-state index contributed by atoms with van der Waals surface area (Å²) in [6.07, 6.45) is 1.50. The van der Waals surface area contributed by atoms with E-state index in [2.05, 4.69) is 16.0 Å². The van der Waals surface area contributed by atoms with E-state index in [4.69, 9.17) is 35.3 Å². The molecule has 2 amide bonds. The molecule has 1 fully saturated rings. The van der Waals surface area contributed by atoms with Gasteiger partial charge in [0.2, 0.25) is 25.4 Å². The van der Waals surface area contributed by atoms with Gasteiger partial charge in [0.05, 0.1) is 25.2 Å². The van der Waals surface area contributed by atoms with Crippen LogP contribution in [0.5, 0.6) is 23.0 Å². The molecule has 0 aliphatic carbocycles. The molecule has 2 aromatic heterocycles. The molecule has 4 atom stereocenters. The number of Topliss-reactive ketones (excluding diaryl/α,β-unsaturated/α-hetero) is 1. The number of nitrogens with one attached hydrogen (secondary N) is 2. The second-order valence-electron chi connectivity index (χ2n) is 14.8. The Kier molecular flexibility index (Phi) is 9.70. The maximum Gasteiger partial charge on any atom is 0.328 e. The molecular formula is C45H41ClN4O9. The minimum absolute atomic E-state index is 0. The highest BCUT2D eigenvalue weighted by atomic mass is 35.5. The lowest BCUT2D eigenvalue weighted by Gasteiger charge is -2.44. The first-order valence-electron chi connectivity index (χ1n) is 19.1. The molecule has 5 aliphatic heterocycles. The minimum Gasteiger partial charge on any atom is -0.467 e. The van der Waals surface area contributed by atoms with Gasteiger partial charge in [-0.1, -0.05) is 56.0 Å². The number of fused-ring (bicyclic) bond motifs is 9. The summed E-state index contributed by atoms with van der Waals surface area (Å²) in [5, 5.41) is 2.14. The Labute approximate surface area is 344 Å². The third kappa shape index (κ3) is 6.22. The Balaban J connectivity index is 0.000000150. The molecule has 59 heavy (non-hydrogen) atoms. The van der Waals surface area contributed by atoms with Crippen LogP contribution in [0.1, 0.15) is 66.0 Å². The molecule has 11 rings (SSSR count). The summed E-state index contributed by atoms with van der Waals surface area (Å²) < 4.78 is 27.0. The van der Waals surface area contributed by atoms with Crippen LogP contribution in [-0.4, -0.2) is 82.0 Å². The van der Waals surface area contributed by atoms with Crippen molar-refractivity contribution in [2.24, 2.45) is 0 Å². The van der Waals surface area contributed by atoms with Crippen molar-refractivity contribution in [1.29, 1.82) is 0 Å². The van der Waals surface area contributed by atoms with E-state index in [1.165, 1.54) is 12.0 Å². The van der Waals surface area contributed by atoms with Crippen molar-refractivity contribution in [3.8, 4) is 23.0 Å². The minimum atomic E-state index is -0.789. The molecule has 2 N–H and O–H groups in total. The number of halogens is 1. The predicted octanol–water partition coefficient (Wildman–Crippen LogP) is 6.89. The van der Waals surface area contributed by atoms with Crippen LogP contribution in [0.15, 0.2) is 84.9 Å². The van der Waals surface area contributed by atoms with E-state index in [-0.39, 0.29) is 57.0 Å². The SMILES string of the molecule is C.COC(=O)[C@H]1Cc2c([nH]c3ccccc23)[C@@H](c2ccc3c(c2)OCO3)N1C(=O)CCl.O=C1CCC(=O)N2[C@H](c3ccc4c(c3)OCO4)c3[nH]c4ccccc4c3C[C@H]12. The summed E-state index contributed by atoms with van der Waals surface area (Å²) in [7, 11) is 1.33. The maximum atomic E-state index is 13.0. The van der Waals surface area contributed by atoms with Gasteiger partial charge in [0.1, 0.15) is 11.9 Å². The fourth-order valence-electron chi connectivity index (χ4n) is 9.22. The molecule has 302 valence electrons. The Morgan fingerprint density at radius 1 is 0.729 bits per heavy atom. The van der Waals surface area contributed by atoms with Gasteiger partial charge in [0.15, 0.2) is 28.8 Å². The first kappa shape index (κ1) is 38.1. The average Bonchev–Trinajstić information content (AvgIpc) is 4.07. The summed E-state index contributed by atoms with van der Waals surface area (Å²) in [4.78, 5) is 61.6. The molecular weight excluding hydrogens is 776 g/mol. The van der Waals surface area contributed by atoms with Gasteiger partial charge in [0.25, 0.3) is 0 Å². The average molecular weight is 817 g/mol. The van der Waals surface area contributed by atoms with Crippen LogP contribution in [0.4, 0.5) is 0 Å². The second-order valence-corrected chi connectivity index (χ2v) is 15.1. The summed E-state index contributed by atoms with van der Waals surface area (Å²) in [5.41, 5.74) is 7.64. The van der Waals surface area contributed by atoms with Crippen molar-refractivity contribution in [3.63, 3.8) is 0 Å². The van der Waals surface area contributed by atoms with Crippen LogP contribution >= 0.6 is 11.6 Å². The number of ether oxygens (including phenoxy) is 5. The van der Waals surface area contributed by atoms with E-state index < -0.39 is 24.1 Å². The lowest BCUT2D eigenvalue weighted by Crippen LogP contribution is -2.54. The number of amides is 2. The third-order valence-electron chi connectivity index (χ3n) is 11.8. The first-order valence-corrected chi connectivity index (χ1v) is 19.6. The molecule has 0 spiro atoms. The number of methoxy groups -OCH3 is 1. The quantitative estimate of drug-likeness (QED) is 0.143. The number of nitrogens with zero attached hydrogens (tertiary/aromatic N) is 2. The Bertz CT molecular complexity index is 2670. The summed E-state index contributed by atoms with van der Waals surface area (Å²) in [5.74, 6) is 1.72. The smallest absolute Gasteiger partial charge is 0.328 e. The molecule has 5 aliphatic rings. The lowest BCUT2D eigenvalue weighted by molar-refractivity contribution is -0.154. The number of esters is 1. The largest absolute Gasteiger partial charge is 0.467 e. The molecule has 4 aromatic carbocycles. The number of H-pyrrole nitrogens is 2. The zero-order valence-corrected chi connectivity index (χ0v) is 32.0. The third-order valence-corrected chi connectivity index (χ3v) is 12.0. The highest BCUT2D eigenvalue weighted by Gasteiger charge is 2.46. The second kappa shape index (κ2) is 15.0. The van der Waals surface area contributed by atoms with Crippen LogP contribution < -0.4 is 18.9 Å². The molecule has 6 aromatic rings. The van der Waals surface area contributed by atoms with Gasteiger partial charge in [-0.05, 0) is 58.7 Å². The van der Waals surface area contributed by atoms with E-state index in [1.807, 2.05) is 78.9 Å². The number of ketones is 1. The van der Waals surface area contributed by atoms with E-state index in [0.29, 0.717) is 42.3 Å². The van der Waals surface area contributed by atoms with Crippen LogP contribution in [-0.2, 0) is 36.8 Å². The van der Waals surface area contributed by atoms with E-state index >= 15 is 0 Å². The number of carbonyl (C=O) groups is 4. The van der Waals surface area contributed by atoms with Crippen molar-refractivity contribution < 1.29 is 42.9 Å². The molecule has 7 heterocycles. The highest BCUT2D eigenvalue weighted by molar-refractivity contribution is 6.27. The van der Waals surface area contributed by atoms with Crippen LogP contribution in [0, 0.1) is 0 Å². The molecule has 0 radical (unpaired) electrons. The van der Waals surface area contributed by atoms with Crippen molar-refractivity contribution in [2.75, 3.05) is 26.6 Å². The topological polar surface area (TPSA) is 152 Å². The fraction of sp³-hybridized carbons (Fsp3) is 0.289. The normalized spacial score (nSPS) is 20.9. The van der Waals surface area contributed by atoms with Crippen LogP contribution in [0.2, 0.25) is 0 Å². The number of alkyl halides is 1. The zero-order valence-electron chi connectivity index (χ0n) is 31.3. The number of para-hydroxylation sites is 2. The van der Waals surface area contributed by atoms with Gasteiger partial charge < -0.3 is 43.5 Å². The van der Waals surface area contributed by atoms with Crippen LogP contribution in [0.3, 0.4) is 0 Å². The summed E-state index contributed by atoms with van der Waals surface area (Å²) in [6.45, 7) is 0.348. The van der Waals surface area contributed by atoms with Gasteiger partial charge in [0, 0.05) is 58.9 Å². The van der Waals surface area contributed by atoms with Crippen molar-refractivity contribution in [2.45, 2.75) is 57.3 Å². The number of benzene rings is 4. The highest BCUT2D eigenvalue weighted by Crippen LogP contribution is 2.46. The number of hydrogen-bond acceptors (Lipinski definition) is 9. The fourth-order valence-corrected chi connectivity index (χ4v) is 9.36.